The first-order chi connectivity index (χ1) is 9.43. The molecule has 0 amide bonds. The van der Waals surface area contributed by atoms with E-state index < -0.39 is 11.7 Å². The lowest BCUT2D eigenvalue weighted by molar-refractivity contribution is -0.137. The summed E-state index contributed by atoms with van der Waals surface area (Å²) in [5.74, 6) is 0.731. The van der Waals surface area contributed by atoms with Crippen LogP contribution >= 0.6 is 0 Å². The van der Waals surface area contributed by atoms with Gasteiger partial charge >= 0.3 is 6.18 Å². The summed E-state index contributed by atoms with van der Waals surface area (Å²) in [6.45, 7) is 5.01. The average molecular weight is 283 g/mol. The van der Waals surface area contributed by atoms with Gasteiger partial charge in [-0.2, -0.15) is 13.2 Å². The molecule has 0 saturated carbocycles. The summed E-state index contributed by atoms with van der Waals surface area (Å²) >= 11 is 0. The van der Waals surface area contributed by atoms with E-state index >= 15 is 0 Å². The van der Waals surface area contributed by atoms with Crippen LogP contribution in [0, 0.1) is 6.92 Å². The van der Waals surface area contributed by atoms with E-state index in [1.807, 2.05) is 6.92 Å². The normalized spacial score (nSPS) is 11.8. The van der Waals surface area contributed by atoms with Gasteiger partial charge < -0.3 is 9.73 Å². The van der Waals surface area contributed by atoms with E-state index in [2.05, 4.69) is 5.32 Å². The van der Waals surface area contributed by atoms with E-state index in [1.165, 1.54) is 12.1 Å². The maximum atomic E-state index is 12.7. The van der Waals surface area contributed by atoms with E-state index in [0.717, 1.165) is 29.5 Å². The highest BCUT2D eigenvalue weighted by molar-refractivity contribution is 5.69. The minimum absolute atomic E-state index is 0.555. The van der Waals surface area contributed by atoms with Gasteiger partial charge in [-0.3, -0.25) is 0 Å². The van der Waals surface area contributed by atoms with E-state index in [0.29, 0.717) is 12.1 Å². The molecule has 2 nitrogen and oxygen atoms in total. The van der Waals surface area contributed by atoms with Crippen LogP contribution in [0.25, 0.3) is 11.1 Å². The largest absolute Gasteiger partial charge is 0.467 e. The van der Waals surface area contributed by atoms with Gasteiger partial charge in [0, 0.05) is 5.56 Å². The van der Waals surface area contributed by atoms with Crippen molar-refractivity contribution in [2.24, 2.45) is 0 Å². The molecule has 1 N–H and O–H groups in total. The fourth-order valence-corrected chi connectivity index (χ4v) is 2.10. The molecule has 2 rings (SSSR count). The molecule has 0 bridgehead atoms. The van der Waals surface area contributed by atoms with Gasteiger partial charge in [-0.05, 0) is 42.8 Å². The molecule has 0 saturated heterocycles. The fourth-order valence-electron chi connectivity index (χ4n) is 2.10. The average Bonchev–Trinajstić information content (AvgIpc) is 2.83. The lowest BCUT2D eigenvalue weighted by Gasteiger charge is -2.11. The van der Waals surface area contributed by atoms with Gasteiger partial charge in [0.2, 0.25) is 0 Å². The third kappa shape index (κ3) is 3.04. The lowest BCUT2D eigenvalue weighted by atomic mass is 9.98. The number of alkyl halides is 3. The quantitative estimate of drug-likeness (QED) is 0.900. The van der Waals surface area contributed by atoms with Crippen LogP contribution in [0.1, 0.15) is 23.8 Å². The highest BCUT2D eigenvalue weighted by Crippen LogP contribution is 2.34. The molecule has 0 aliphatic heterocycles. The molecule has 0 unspecified atom stereocenters. The van der Waals surface area contributed by atoms with Gasteiger partial charge in [0.15, 0.2) is 0 Å². The molecular formula is C15H16F3NO. The molecule has 0 aliphatic rings. The maximum Gasteiger partial charge on any atom is 0.416 e. The number of hydrogen-bond donors (Lipinski definition) is 1. The number of halogens is 3. The molecule has 0 radical (unpaired) electrons. The van der Waals surface area contributed by atoms with Crippen molar-refractivity contribution in [2.45, 2.75) is 26.6 Å². The molecule has 0 atom stereocenters. The summed E-state index contributed by atoms with van der Waals surface area (Å²) < 4.78 is 43.4. The first-order valence-corrected chi connectivity index (χ1v) is 6.38. The first kappa shape index (κ1) is 14.7. The first-order valence-electron chi connectivity index (χ1n) is 6.38. The number of aryl methyl sites for hydroxylation is 1. The van der Waals surface area contributed by atoms with E-state index in [1.54, 1.807) is 19.3 Å². The second-order valence-electron chi connectivity index (χ2n) is 4.57. The van der Waals surface area contributed by atoms with Gasteiger partial charge in [-0.25, -0.2) is 0 Å². The Morgan fingerprint density at radius 1 is 1.15 bits per heavy atom. The summed E-state index contributed by atoms with van der Waals surface area (Å²) in [7, 11) is 0. The lowest BCUT2D eigenvalue weighted by Crippen LogP contribution is -2.11. The van der Waals surface area contributed by atoms with E-state index in [4.69, 9.17) is 4.42 Å². The molecule has 108 valence electrons. The van der Waals surface area contributed by atoms with Crippen LogP contribution in [0.3, 0.4) is 0 Å². The van der Waals surface area contributed by atoms with Gasteiger partial charge in [0.1, 0.15) is 5.76 Å². The Hall–Kier alpha value is -1.75. The highest BCUT2D eigenvalue weighted by atomic mass is 19.4. The zero-order valence-corrected chi connectivity index (χ0v) is 11.3. The van der Waals surface area contributed by atoms with Gasteiger partial charge in [-0.1, -0.05) is 13.0 Å². The Balaban J connectivity index is 2.37. The minimum Gasteiger partial charge on any atom is -0.467 e. The Morgan fingerprint density at radius 2 is 1.90 bits per heavy atom. The molecule has 1 aromatic carbocycles. The molecule has 1 aromatic heterocycles. The molecule has 0 spiro atoms. The van der Waals surface area contributed by atoms with Crippen molar-refractivity contribution >= 4 is 0 Å². The number of nitrogens with one attached hydrogen (secondary N) is 1. The van der Waals surface area contributed by atoms with Gasteiger partial charge in [0.25, 0.3) is 0 Å². The number of furan rings is 1. The summed E-state index contributed by atoms with van der Waals surface area (Å²) in [4.78, 5) is 0. The number of rotatable bonds is 4. The van der Waals surface area contributed by atoms with Crippen LogP contribution in [0.4, 0.5) is 13.2 Å². The zero-order valence-electron chi connectivity index (χ0n) is 11.3. The fraction of sp³-hybridized carbons (Fsp3) is 0.333. The zero-order chi connectivity index (χ0) is 14.8. The van der Waals surface area contributed by atoms with Gasteiger partial charge in [0.05, 0.1) is 18.4 Å². The van der Waals surface area contributed by atoms with Crippen LogP contribution < -0.4 is 5.32 Å². The molecule has 20 heavy (non-hydrogen) atoms. The van der Waals surface area contributed by atoms with E-state index in [9.17, 15) is 13.2 Å². The van der Waals surface area contributed by atoms with Gasteiger partial charge in [-0.15, -0.1) is 0 Å². The standard InChI is InChI=1S/C15H16F3NO/c1-3-19-9-14-13(6-7-20-14)12-5-4-11(8-10(12)2)15(16,17)18/h4-8,19H,3,9H2,1-2H3. The van der Waals surface area contributed by atoms with E-state index in [-0.39, 0.29) is 0 Å². The summed E-state index contributed by atoms with van der Waals surface area (Å²) in [5.41, 5.74) is 1.55. The maximum absolute atomic E-state index is 12.7. The topological polar surface area (TPSA) is 25.2 Å². The van der Waals surface area contributed by atoms with Crippen LogP contribution in [0.2, 0.25) is 0 Å². The number of benzene rings is 1. The van der Waals surface area contributed by atoms with Crippen molar-refractivity contribution in [3.63, 3.8) is 0 Å². The summed E-state index contributed by atoms with van der Waals surface area (Å²) in [5, 5.41) is 3.14. The molecule has 0 aliphatic carbocycles. The Bertz CT molecular complexity index is 587. The molecule has 0 fully saturated rings. The Labute approximate surface area is 115 Å². The predicted octanol–water partition coefficient (Wildman–Crippen LogP) is 4.38. The van der Waals surface area contributed by atoms with Crippen molar-refractivity contribution in [1.29, 1.82) is 0 Å². The Morgan fingerprint density at radius 3 is 2.50 bits per heavy atom. The van der Waals surface area contributed by atoms with Crippen molar-refractivity contribution < 1.29 is 17.6 Å². The van der Waals surface area contributed by atoms with Crippen molar-refractivity contribution in [3.05, 3.63) is 47.4 Å². The summed E-state index contributed by atoms with van der Waals surface area (Å²) in [6, 6.07) is 5.55. The highest BCUT2D eigenvalue weighted by Gasteiger charge is 2.30. The van der Waals surface area contributed by atoms with Crippen LogP contribution in [-0.2, 0) is 12.7 Å². The predicted molar refractivity (Wildman–Crippen MR) is 71.3 cm³/mol. The second-order valence-corrected chi connectivity index (χ2v) is 4.57. The Kier molecular flexibility index (Phi) is 4.18. The monoisotopic (exact) mass is 283 g/mol. The van der Waals surface area contributed by atoms with Crippen LogP contribution in [0.15, 0.2) is 34.9 Å². The minimum atomic E-state index is -4.31. The number of hydrogen-bond acceptors (Lipinski definition) is 2. The SMILES string of the molecule is CCNCc1occc1-c1ccc(C(F)(F)F)cc1C. The smallest absolute Gasteiger partial charge is 0.416 e. The van der Waals surface area contributed by atoms with Crippen molar-refractivity contribution in [3.8, 4) is 11.1 Å². The second kappa shape index (κ2) is 5.71. The third-order valence-corrected chi connectivity index (χ3v) is 3.12. The molecule has 5 heteroatoms. The third-order valence-electron chi connectivity index (χ3n) is 3.12. The molecule has 1 heterocycles. The molecular weight excluding hydrogens is 267 g/mol. The molecule has 2 aromatic rings. The van der Waals surface area contributed by atoms with Crippen molar-refractivity contribution in [2.75, 3.05) is 6.54 Å². The summed E-state index contributed by atoms with van der Waals surface area (Å²) in [6.07, 6.45) is -2.76. The van der Waals surface area contributed by atoms with Crippen molar-refractivity contribution in [1.82, 2.24) is 5.32 Å². The van der Waals surface area contributed by atoms with Crippen LogP contribution in [0.5, 0.6) is 0 Å². The van der Waals surface area contributed by atoms with Crippen LogP contribution in [-0.4, -0.2) is 6.54 Å².